The number of hydrogen-bond acceptors (Lipinski definition) is 6. The van der Waals surface area contributed by atoms with Crippen LogP contribution in [0.1, 0.15) is 29.0 Å². The van der Waals surface area contributed by atoms with Gasteiger partial charge < -0.3 is 14.9 Å². The first kappa shape index (κ1) is 19.9. The number of nitrogens with one attached hydrogen (secondary N) is 1. The summed E-state index contributed by atoms with van der Waals surface area (Å²) in [4.78, 5) is 26.3. The number of aryl methyl sites for hydroxylation is 2. The van der Waals surface area contributed by atoms with Crippen LogP contribution < -0.4 is 11.2 Å². The van der Waals surface area contributed by atoms with Gasteiger partial charge in [-0.25, -0.2) is 4.79 Å². The van der Waals surface area contributed by atoms with Crippen molar-refractivity contribution in [2.75, 3.05) is 12.0 Å². The van der Waals surface area contributed by atoms with E-state index in [0.717, 1.165) is 5.56 Å². The maximum absolute atomic E-state index is 12.3. The lowest BCUT2D eigenvalue weighted by molar-refractivity contribution is -0.0856. The fourth-order valence-electron chi connectivity index (χ4n) is 3.53. The molecule has 0 aliphatic carbocycles. The van der Waals surface area contributed by atoms with E-state index in [9.17, 15) is 19.8 Å². The summed E-state index contributed by atoms with van der Waals surface area (Å²) in [7, 11) is 0. The zero-order chi connectivity index (χ0) is 19.7. The van der Waals surface area contributed by atoms with Gasteiger partial charge >= 0.3 is 5.69 Å². The fraction of sp³-hybridized carbons (Fsp3) is 0.474. The highest BCUT2D eigenvalue weighted by Crippen LogP contribution is 2.41. The zero-order valence-corrected chi connectivity index (χ0v) is 16.3. The van der Waals surface area contributed by atoms with Crippen molar-refractivity contribution in [3.05, 3.63) is 68.0 Å². The molecule has 2 heterocycles. The molecule has 5 atom stereocenters. The van der Waals surface area contributed by atoms with E-state index in [1.165, 1.54) is 22.5 Å². The molecule has 1 saturated heterocycles. The average Bonchev–Trinajstić information content (AvgIpc) is 2.95. The number of rotatable bonds is 5. The predicted molar refractivity (Wildman–Crippen MR) is 104 cm³/mol. The SMILES string of the molecule is CSCC1[C@H](n2cc(C)c(=O)[nH]c2=O)O[C@H](C(O)c2ccccc2C)[C@H]1O. The lowest BCUT2D eigenvalue weighted by atomic mass is 9.93. The number of aliphatic hydroxyl groups is 2. The van der Waals surface area contributed by atoms with Gasteiger partial charge in [-0.1, -0.05) is 24.3 Å². The molecule has 2 aromatic rings. The molecule has 7 nitrogen and oxygen atoms in total. The average molecular weight is 392 g/mol. The number of benzene rings is 1. The monoisotopic (exact) mass is 392 g/mol. The molecule has 0 bridgehead atoms. The van der Waals surface area contributed by atoms with E-state index >= 15 is 0 Å². The number of thioether (sulfide) groups is 1. The molecule has 1 aliphatic heterocycles. The Morgan fingerprint density at radius 1 is 1.26 bits per heavy atom. The van der Waals surface area contributed by atoms with Gasteiger partial charge in [-0.15, -0.1) is 0 Å². The van der Waals surface area contributed by atoms with Crippen molar-refractivity contribution in [2.45, 2.75) is 38.4 Å². The first-order valence-corrected chi connectivity index (χ1v) is 10.1. The smallest absolute Gasteiger partial charge is 0.330 e. The Hall–Kier alpha value is -1.87. The summed E-state index contributed by atoms with van der Waals surface area (Å²) in [6.07, 6.45) is -0.317. The van der Waals surface area contributed by atoms with Gasteiger partial charge in [0, 0.05) is 23.4 Å². The van der Waals surface area contributed by atoms with Crippen molar-refractivity contribution in [3.63, 3.8) is 0 Å². The molecule has 146 valence electrons. The summed E-state index contributed by atoms with van der Waals surface area (Å²) in [5.41, 5.74) is 0.893. The Kier molecular flexibility index (Phi) is 5.90. The molecule has 3 N–H and O–H groups in total. The van der Waals surface area contributed by atoms with Crippen LogP contribution in [0.25, 0.3) is 0 Å². The summed E-state index contributed by atoms with van der Waals surface area (Å²) in [5.74, 6) is 0.125. The summed E-state index contributed by atoms with van der Waals surface area (Å²) in [5, 5.41) is 21.7. The number of hydrogen-bond donors (Lipinski definition) is 3. The number of nitrogens with zero attached hydrogens (tertiary/aromatic N) is 1. The fourth-order valence-corrected chi connectivity index (χ4v) is 4.28. The van der Waals surface area contributed by atoms with E-state index < -0.39 is 41.7 Å². The second kappa shape index (κ2) is 8.02. The molecule has 3 rings (SSSR count). The van der Waals surface area contributed by atoms with Gasteiger partial charge in [0.2, 0.25) is 0 Å². The Morgan fingerprint density at radius 2 is 1.96 bits per heavy atom. The Labute approximate surface area is 161 Å². The minimum atomic E-state index is -1.03. The van der Waals surface area contributed by atoms with E-state index in [2.05, 4.69) is 4.98 Å². The minimum absolute atomic E-state index is 0.374. The predicted octanol–water partition coefficient (Wildman–Crippen LogP) is 1.12. The van der Waals surface area contributed by atoms with Crippen LogP contribution in [0.3, 0.4) is 0 Å². The lowest BCUT2D eigenvalue weighted by Gasteiger charge is -2.23. The Morgan fingerprint density at radius 3 is 2.63 bits per heavy atom. The molecule has 8 heteroatoms. The number of aromatic nitrogens is 2. The van der Waals surface area contributed by atoms with E-state index in [4.69, 9.17) is 4.74 Å². The third kappa shape index (κ3) is 3.75. The number of aliphatic hydroxyl groups excluding tert-OH is 2. The molecule has 1 aromatic carbocycles. The van der Waals surface area contributed by atoms with Crippen molar-refractivity contribution in [1.82, 2.24) is 9.55 Å². The quantitative estimate of drug-likeness (QED) is 0.705. The van der Waals surface area contributed by atoms with Crippen molar-refractivity contribution in [3.8, 4) is 0 Å². The summed E-state index contributed by atoms with van der Waals surface area (Å²) >= 11 is 1.52. The second-order valence-corrected chi connectivity index (χ2v) is 7.79. The summed E-state index contributed by atoms with van der Waals surface area (Å²) < 4.78 is 7.30. The summed E-state index contributed by atoms with van der Waals surface area (Å²) in [6, 6.07) is 7.37. The van der Waals surface area contributed by atoms with Gasteiger partial charge in [0.15, 0.2) is 0 Å². The molecular weight excluding hydrogens is 368 g/mol. The molecular formula is C19H24N2O5S. The van der Waals surface area contributed by atoms with Crippen molar-refractivity contribution in [2.24, 2.45) is 5.92 Å². The highest BCUT2D eigenvalue weighted by Gasteiger charge is 2.48. The van der Waals surface area contributed by atoms with Gasteiger partial charge in [-0.2, -0.15) is 11.8 Å². The van der Waals surface area contributed by atoms with Crippen molar-refractivity contribution < 1.29 is 14.9 Å². The lowest BCUT2D eigenvalue weighted by Crippen LogP contribution is -2.37. The molecule has 0 amide bonds. The van der Waals surface area contributed by atoms with E-state index in [1.807, 2.05) is 31.4 Å². The third-order valence-electron chi connectivity index (χ3n) is 5.04. The topological polar surface area (TPSA) is 105 Å². The van der Waals surface area contributed by atoms with E-state index in [0.29, 0.717) is 16.9 Å². The van der Waals surface area contributed by atoms with Gasteiger partial charge in [-0.05, 0) is 31.2 Å². The van der Waals surface area contributed by atoms with E-state index in [1.54, 1.807) is 13.0 Å². The molecule has 2 unspecified atom stereocenters. The molecule has 0 radical (unpaired) electrons. The number of aromatic amines is 1. The number of H-pyrrole nitrogens is 1. The van der Waals surface area contributed by atoms with Crippen LogP contribution in [0.4, 0.5) is 0 Å². The van der Waals surface area contributed by atoms with Crippen LogP contribution in [0.15, 0.2) is 40.1 Å². The van der Waals surface area contributed by atoms with Crippen LogP contribution in [0.5, 0.6) is 0 Å². The van der Waals surface area contributed by atoms with Crippen LogP contribution in [0, 0.1) is 19.8 Å². The highest BCUT2D eigenvalue weighted by molar-refractivity contribution is 7.98. The van der Waals surface area contributed by atoms with Crippen molar-refractivity contribution >= 4 is 11.8 Å². The second-order valence-electron chi connectivity index (χ2n) is 6.88. The number of ether oxygens (including phenoxy) is 1. The first-order valence-electron chi connectivity index (χ1n) is 8.73. The Bertz CT molecular complexity index is 925. The normalized spacial score (nSPS) is 26.3. The molecule has 1 aromatic heterocycles. The first-order chi connectivity index (χ1) is 12.8. The maximum atomic E-state index is 12.3. The maximum Gasteiger partial charge on any atom is 0.330 e. The highest BCUT2D eigenvalue weighted by atomic mass is 32.2. The van der Waals surface area contributed by atoms with Gasteiger partial charge in [0.1, 0.15) is 18.4 Å². The van der Waals surface area contributed by atoms with Crippen LogP contribution in [0.2, 0.25) is 0 Å². The molecule has 0 saturated carbocycles. The summed E-state index contributed by atoms with van der Waals surface area (Å²) in [6.45, 7) is 3.48. The van der Waals surface area contributed by atoms with Crippen LogP contribution >= 0.6 is 11.8 Å². The van der Waals surface area contributed by atoms with E-state index in [-0.39, 0.29) is 0 Å². The van der Waals surface area contributed by atoms with Crippen LogP contribution in [-0.4, -0.2) is 44.0 Å². The standard InChI is InChI=1S/C19H24N2O5S/c1-10-6-4-5-7-12(10)14(22)16-15(23)13(9-27-3)18(26-16)21-8-11(2)17(24)20-19(21)25/h4-8,13-16,18,22-23H,9H2,1-3H3,(H,20,24,25)/t13?,14?,15-,16+,18+/m0/s1. The van der Waals surface area contributed by atoms with Crippen molar-refractivity contribution in [1.29, 1.82) is 0 Å². The molecule has 0 spiro atoms. The molecule has 1 aliphatic rings. The van der Waals surface area contributed by atoms with Gasteiger partial charge in [0.05, 0.1) is 6.10 Å². The Balaban J connectivity index is 1.99. The third-order valence-corrected chi connectivity index (χ3v) is 5.75. The van der Waals surface area contributed by atoms with Gasteiger partial charge in [0.25, 0.3) is 5.56 Å². The van der Waals surface area contributed by atoms with Crippen LogP contribution in [-0.2, 0) is 4.74 Å². The molecule has 27 heavy (non-hydrogen) atoms. The molecule has 1 fully saturated rings. The van der Waals surface area contributed by atoms with Gasteiger partial charge in [-0.3, -0.25) is 14.3 Å². The zero-order valence-electron chi connectivity index (χ0n) is 15.5. The largest absolute Gasteiger partial charge is 0.390 e. The minimum Gasteiger partial charge on any atom is -0.390 e.